The summed E-state index contributed by atoms with van der Waals surface area (Å²) in [6.45, 7) is 3.07. The monoisotopic (exact) mass is 438 g/mol. The fourth-order valence-corrected chi connectivity index (χ4v) is 4.50. The van der Waals surface area contributed by atoms with Crippen LogP contribution in [0, 0.1) is 6.92 Å². The molecule has 1 aromatic heterocycles. The van der Waals surface area contributed by atoms with Gasteiger partial charge < -0.3 is 10.1 Å². The smallest absolute Gasteiger partial charge is 0.253 e. The molecule has 2 aliphatic rings. The summed E-state index contributed by atoms with van der Waals surface area (Å²) in [6, 6.07) is 12.4. The van der Waals surface area contributed by atoms with E-state index in [1.165, 1.54) is 0 Å². The van der Waals surface area contributed by atoms with Gasteiger partial charge in [0.15, 0.2) is 0 Å². The first kappa shape index (κ1) is 20.0. The predicted octanol–water partition coefficient (Wildman–Crippen LogP) is 4.09. The molecular weight excluding hydrogens is 416 g/mol. The Balaban J connectivity index is 1.43. The lowest BCUT2D eigenvalue weighted by Crippen LogP contribution is -2.37. The van der Waals surface area contributed by atoms with Gasteiger partial charge in [-0.05, 0) is 49.6 Å². The molecule has 2 unspecified atom stereocenters. The van der Waals surface area contributed by atoms with Crippen LogP contribution in [0.15, 0.2) is 42.5 Å². The molecule has 2 aromatic carbocycles. The molecule has 1 N–H and O–H groups in total. The lowest BCUT2D eigenvalue weighted by molar-refractivity contribution is -0.124. The van der Waals surface area contributed by atoms with Crippen LogP contribution in [0.5, 0.6) is 0 Å². The summed E-state index contributed by atoms with van der Waals surface area (Å²) >= 11 is 6.17. The van der Waals surface area contributed by atoms with E-state index in [0.29, 0.717) is 29.8 Å². The average molecular weight is 439 g/mol. The number of hydrogen-bond acceptors (Lipinski definition) is 4. The number of carbonyl (C=O) groups is 2. The van der Waals surface area contributed by atoms with E-state index < -0.39 is 6.04 Å². The van der Waals surface area contributed by atoms with E-state index in [9.17, 15) is 9.59 Å². The molecule has 0 aliphatic carbocycles. The number of nitrogens with one attached hydrogen (secondary N) is 1. The van der Waals surface area contributed by atoms with Crippen LogP contribution in [-0.4, -0.2) is 40.6 Å². The van der Waals surface area contributed by atoms with Crippen molar-refractivity contribution in [2.24, 2.45) is 0 Å². The maximum absolute atomic E-state index is 13.4. The van der Waals surface area contributed by atoms with Crippen molar-refractivity contribution in [2.45, 2.75) is 38.3 Å². The van der Waals surface area contributed by atoms with Crippen LogP contribution in [0.1, 0.15) is 30.9 Å². The topological polar surface area (TPSA) is 76.5 Å². The van der Waals surface area contributed by atoms with Crippen molar-refractivity contribution in [1.82, 2.24) is 9.55 Å². The minimum atomic E-state index is -0.648. The van der Waals surface area contributed by atoms with Gasteiger partial charge in [0.2, 0.25) is 11.9 Å². The van der Waals surface area contributed by atoms with E-state index in [2.05, 4.69) is 5.32 Å². The molecule has 5 rings (SSSR count). The third-order valence-corrected chi connectivity index (χ3v) is 6.33. The number of ether oxygens (including phenoxy) is 1. The van der Waals surface area contributed by atoms with Crippen LogP contribution in [0.25, 0.3) is 11.0 Å². The molecule has 8 heteroatoms. The fourth-order valence-electron chi connectivity index (χ4n) is 4.32. The standard InChI is InChI=1S/C23H23ClN4O3/c1-14-8-9-15(11-17(14)24)25-21(29)12-20-22(30)27(13-16-5-4-10-31-16)23-26-18-6-2-3-7-19(18)28(20)23/h2-3,6-9,11,16,20H,4-5,10,12-13H2,1H3,(H,25,29). The first-order valence-electron chi connectivity index (χ1n) is 10.5. The zero-order chi connectivity index (χ0) is 21.5. The van der Waals surface area contributed by atoms with Crippen molar-refractivity contribution in [3.05, 3.63) is 53.1 Å². The average Bonchev–Trinajstić information content (AvgIpc) is 3.45. The van der Waals surface area contributed by atoms with Gasteiger partial charge in [0.1, 0.15) is 6.04 Å². The van der Waals surface area contributed by atoms with Crippen molar-refractivity contribution in [2.75, 3.05) is 23.4 Å². The Hall–Kier alpha value is -2.90. The second-order valence-electron chi connectivity index (χ2n) is 8.09. The van der Waals surface area contributed by atoms with Crippen LogP contribution >= 0.6 is 11.6 Å². The maximum atomic E-state index is 13.4. The second-order valence-corrected chi connectivity index (χ2v) is 8.49. The van der Waals surface area contributed by atoms with Gasteiger partial charge in [-0.1, -0.05) is 29.8 Å². The Labute approximate surface area is 184 Å². The van der Waals surface area contributed by atoms with Crippen molar-refractivity contribution >= 4 is 46.1 Å². The highest BCUT2D eigenvalue weighted by Crippen LogP contribution is 2.37. The quantitative estimate of drug-likeness (QED) is 0.650. The van der Waals surface area contributed by atoms with Crippen molar-refractivity contribution in [3.8, 4) is 0 Å². The number of nitrogens with zero attached hydrogens (tertiary/aromatic N) is 3. The molecule has 0 saturated carbocycles. The molecule has 7 nitrogen and oxygen atoms in total. The van der Waals surface area contributed by atoms with E-state index >= 15 is 0 Å². The predicted molar refractivity (Wildman–Crippen MR) is 120 cm³/mol. The first-order chi connectivity index (χ1) is 15.0. The minimum Gasteiger partial charge on any atom is -0.376 e. The van der Waals surface area contributed by atoms with Gasteiger partial charge in [-0.2, -0.15) is 0 Å². The number of hydrogen-bond donors (Lipinski definition) is 1. The van der Waals surface area contributed by atoms with E-state index in [1.807, 2.05) is 41.8 Å². The molecule has 2 atom stereocenters. The summed E-state index contributed by atoms with van der Waals surface area (Å²) in [5.41, 5.74) is 3.19. The molecule has 0 spiro atoms. The summed E-state index contributed by atoms with van der Waals surface area (Å²) in [6.07, 6.45) is 1.93. The second kappa shape index (κ2) is 7.98. The molecule has 1 saturated heterocycles. The Morgan fingerprint density at radius 1 is 1.29 bits per heavy atom. The lowest BCUT2D eigenvalue weighted by atomic mass is 10.1. The summed E-state index contributed by atoms with van der Waals surface area (Å²) in [5.74, 6) is 0.208. The summed E-state index contributed by atoms with van der Waals surface area (Å²) in [4.78, 5) is 32.6. The number of halogens is 1. The van der Waals surface area contributed by atoms with Crippen LogP contribution in [0.3, 0.4) is 0 Å². The van der Waals surface area contributed by atoms with Crippen molar-refractivity contribution in [1.29, 1.82) is 0 Å². The van der Waals surface area contributed by atoms with Crippen molar-refractivity contribution < 1.29 is 14.3 Å². The molecule has 31 heavy (non-hydrogen) atoms. The van der Waals surface area contributed by atoms with Gasteiger partial charge in [0, 0.05) is 17.3 Å². The number of anilines is 2. The summed E-state index contributed by atoms with van der Waals surface area (Å²) in [7, 11) is 0. The number of benzene rings is 2. The SMILES string of the molecule is Cc1ccc(NC(=O)CC2C(=O)N(CC3CCCO3)c3nc4ccccc4n32)cc1Cl. The molecule has 3 aromatic rings. The number of amides is 2. The largest absolute Gasteiger partial charge is 0.376 e. The van der Waals surface area contributed by atoms with Gasteiger partial charge in [-0.15, -0.1) is 0 Å². The fraction of sp³-hybridized carbons (Fsp3) is 0.348. The summed E-state index contributed by atoms with van der Waals surface area (Å²) in [5, 5.41) is 3.45. The molecule has 2 amide bonds. The van der Waals surface area contributed by atoms with E-state index in [0.717, 1.165) is 29.4 Å². The molecule has 0 radical (unpaired) electrons. The van der Waals surface area contributed by atoms with Crippen LogP contribution in [-0.2, 0) is 14.3 Å². The van der Waals surface area contributed by atoms with Gasteiger partial charge in [0.05, 0.1) is 30.1 Å². The van der Waals surface area contributed by atoms with Crippen LogP contribution < -0.4 is 10.2 Å². The Morgan fingerprint density at radius 3 is 2.90 bits per heavy atom. The van der Waals surface area contributed by atoms with Crippen LogP contribution in [0.4, 0.5) is 11.6 Å². The zero-order valence-corrected chi connectivity index (χ0v) is 17.9. The Kier molecular flexibility index (Phi) is 5.16. The summed E-state index contributed by atoms with van der Waals surface area (Å²) < 4.78 is 7.63. The number of rotatable bonds is 5. The lowest BCUT2D eigenvalue weighted by Gasteiger charge is -2.19. The van der Waals surface area contributed by atoms with E-state index in [-0.39, 0.29) is 24.3 Å². The van der Waals surface area contributed by atoms with Gasteiger partial charge in [-0.25, -0.2) is 4.98 Å². The van der Waals surface area contributed by atoms with E-state index in [4.69, 9.17) is 21.3 Å². The normalized spacial score (nSPS) is 20.5. The highest BCUT2D eigenvalue weighted by atomic mass is 35.5. The highest BCUT2D eigenvalue weighted by Gasteiger charge is 2.42. The molecule has 160 valence electrons. The first-order valence-corrected chi connectivity index (χ1v) is 10.8. The maximum Gasteiger partial charge on any atom is 0.253 e. The number of para-hydroxylation sites is 2. The van der Waals surface area contributed by atoms with Crippen LogP contribution in [0.2, 0.25) is 5.02 Å². The van der Waals surface area contributed by atoms with Gasteiger partial charge in [0.25, 0.3) is 5.91 Å². The molecule has 0 bridgehead atoms. The van der Waals surface area contributed by atoms with Gasteiger partial charge in [-0.3, -0.25) is 19.1 Å². The van der Waals surface area contributed by atoms with Crippen molar-refractivity contribution in [3.63, 3.8) is 0 Å². The van der Waals surface area contributed by atoms with Gasteiger partial charge >= 0.3 is 0 Å². The third kappa shape index (κ3) is 3.68. The Morgan fingerprint density at radius 2 is 2.13 bits per heavy atom. The molecular formula is C23H23ClN4O3. The number of imidazole rings is 1. The third-order valence-electron chi connectivity index (χ3n) is 5.93. The molecule has 3 heterocycles. The number of aryl methyl sites for hydroxylation is 1. The molecule has 2 aliphatic heterocycles. The molecule has 1 fully saturated rings. The number of carbonyl (C=O) groups excluding carboxylic acids is 2. The highest BCUT2D eigenvalue weighted by molar-refractivity contribution is 6.31. The Bertz CT molecular complexity index is 1170. The minimum absolute atomic E-state index is 0.000473. The van der Waals surface area contributed by atoms with E-state index in [1.54, 1.807) is 17.0 Å². The zero-order valence-electron chi connectivity index (χ0n) is 17.2. The number of fused-ring (bicyclic) bond motifs is 3. The number of aromatic nitrogens is 2.